The van der Waals surface area contributed by atoms with Crippen LogP contribution < -0.4 is 29.1 Å². The van der Waals surface area contributed by atoms with Crippen molar-refractivity contribution in [1.82, 2.24) is 0 Å². The highest BCUT2D eigenvalue weighted by Gasteiger charge is 2.40. The second-order valence-electron chi connectivity index (χ2n) is 7.73. The lowest BCUT2D eigenvalue weighted by Crippen LogP contribution is -2.55. The van der Waals surface area contributed by atoms with Gasteiger partial charge in [0.05, 0.1) is 35.0 Å². The molecule has 3 N–H and O–H groups in total. The van der Waals surface area contributed by atoms with Gasteiger partial charge in [0.2, 0.25) is 17.5 Å². The minimum atomic E-state index is -1.63. The second kappa shape index (κ2) is 10.0. The van der Waals surface area contributed by atoms with Crippen LogP contribution >= 0.6 is 0 Å². The van der Waals surface area contributed by atoms with Crippen LogP contribution in [0.25, 0.3) is 22.3 Å². The minimum Gasteiger partial charge on any atom is -0.496 e. The lowest BCUT2D eigenvalue weighted by atomic mass is 10.1. The van der Waals surface area contributed by atoms with Crippen LogP contribution in [0.1, 0.15) is 0 Å². The summed E-state index contributed by atoms with van der Waals surface area (Å²) in [4.78, 5) is 13.7. The molecule has 1 saturated heterocycles. The summed E-state index contributed by atoms with van der Waals surface area (Å²) < 4.78 is 38.6. The number of aliphatic hydroxyl groups excluding tert-OH is 3. The Bertz CT molecular complexity index is 1270. The van der Waals surface area contributed by atoms with Crippen molar-refractivity contribution in [3.63, 3.8) is 0 Å². The number of fused-ring (bicyclic) bond motifs is 1. The van der Waals surface area contributed by atoms with Crippen molar-refractivity contribution in [2.45, 2.75) is 24.6 Å². The van der Waals surface area contributed by atoms with E-state index in [2.05, 4.69) is 0 Å². The lowest BCUT2D eigenvalue weighted by molar-refractivity contribution is -0.242. The number of hydrogen-bond acceptors (Lipinski definition) is 11. The van der Waals surface area contributed by atoms with Gasteiger partial charge in [0.15, 0.2) is 17.3 Å². The molecule has 0 spiro atoms. The van der Waals surface area contributed by atoms with Crippen LogP contribution in [-0.4, -0.2) is 75.0 Å². The third-order valence-corrected chi connectivity index (χ3v) is 5.68. The van der Waals surface area contributed by atoms with Gasteiger partial charge < -0.3 is 48.2 Å². The highest BCUT2D eigenvalue weighted by molar-refractivity contribution is 5.88. The predicted molar refractivity (Wildman–Crippen MR) is 123 cm³/mol. The summed E-state index contributed by atoms with van der Waals surface area (Å²) in [6.45, 7) is -0.311. The molecule has 2 heterocycles. The monoisotopic (exact) mass is 490 g/mol. The first-order chi connectivity index (χ1) is 16.8. The smallest absolute Gasteiger partial charge is 0.239 e. The Kier molecular flexibility index (Phi) is 7.03. The molecule has 1 aromatic heterocycles. The van der Waals surface area contributed by atoms with E-state index in [0.29, 0.717) is 22.8 Å². The van der Waals surface area contributed by atoms with E-state index in [0.717, 1.165) is 0 Å². The van der Waals surface area contributed by atoms with E-state index in [-0.39, 0.29) is 34.8 Å². The molecule has 4 rings (SSSR count). The molecular weight excluding hydrogens is 464 g/mol. The number of benzene rings is 2. The van der Waals surface area contributed by atoms with Crippen molar-refractivity contribution in [2.24, 2.45) is 0 Å². The number of ether oxygens (including phenoxy) is 6. The molecular formula is C24H26O11. The third-order valence-electron chi connectivity index (χ3n) is 5.68. The van der Waals surface area contributed by atoms with Gasteiger partial charge >= 0.3 is 0 Å². The molecule has 2 aromatic carbocycles. The van der Waals surface area contributed by atoms with E-state index in [1.54, 1.807) is 18.2 Å². The van der Waals surface area contributed by atoms with Crippen LogP contribution in [0, 0.1) is 0 Å². The van der Waals surface area contributed by atoms with Crippen molar-refractivity contribution < 1.29 is 48.2 Å². The summed E-state index contributed by atoms with van der Waals surface area (Å²) in [5.41, 5.74) is -0.0693. The van der Waals surface area contributed by atoms with Crippen LogP contribution in [0.2, 0.25) is 0 Å². The summed E-state index contributed by atoms with van der Waals surface area (Å²) in [5.74, 6) is 1.09. The normalized spacial score (nSPS) is 22.0. The average Bonchev–Trinajstić information content (AvgIpc) is 2.88. The van der Waals surface area contributed by atoms with Gasteiger partial charge in [-0.1, -0.05) is 0 Å². The molecule has 11 nitrogen and oxygen atoms in total. The zero-order valence-corrected chi connectivity index (χ0v) is 19.5. The zero-order valence-electron chi connectivity index (χ0n) is 19.5. The summed E-state index contributed by atoms with van der Waals surface area (Å²) >= 11 is 0. The molecule has 1 aliphatic rings. The van der Waals surface area contributed by atoms with E-state index >= 15 is 0 Å². The fourth-order valence-corrected chi connectivity index (χ4v) is 3.80. The molecule has 1 aliphatic heterocycles. The van der Waals surface area contributed by atoms with Gasteiger partial charge in [-0.2, -0.15) is 0 Å². The maximum absolute atomic E-state index is 13.7. The van der Waals surface area contributed by atoms with Gasteiger partial charge in [-0.05, 0) is 18.2 Å². The lowest BCUT2D eigenvalue weighted by Gasteiger charge is -2.34. The molecule has 0 bridgehead atoms. The van der Waals surface area contributed by atoms with E-state index in [1.807, 2.05) is 0 Å². The first-order valence-corrected chi connectivity index (χ1v) is 10.6. The number of hydrogen-bond donors (Lipinski definition) is 3. The SMILES string of the molecule is COc1cc(OC)c2c(=O)c(O[C@H]3OC[C@@H](O)[C@H](O)[C@H]3O)c(-c3ccc(OC)c(OC)c3)oc2c1. The summed E-state index contributed by atoms with van der Waals surface area (Å²) in [6.07, 6.45) is -5.94. The van der Waals surface area contributed by atoms with Gasteiger partial charge in [-0.25, -0.2) is 0 Å². The first kappa shape index (κ1) is 24.6. The minimum absolute atomic E-state index is 0.00447. The number of rotatable bonds is 7. The standard InChI is InChI=1S/C24H26O11/c1-29-12-8-16(32-4)18-17(9-12)34-22(11-5-6-14(30-2)15(7-11)31-3)23(20(18)27)35-24-21(28)19(26)13(25)10-33-24/h5-9,13,19,21,24-26,28H,10H2,1-4H3/t13-,19+,21-,24-/m1/s1. The number of methoxy groups -OCH3 is 4. The van der Waals surface area contributed by atoms with Crippen molar-refractivity contribution in [3.8, 4) is 40.1 Å². The highest BCUT2D eigenvalue weighted by Crippen LogP contribution is 2.40. The molecule has 4 atom stereocenters. The van der Waals surface area contributed by atoms with Crippen LogP contribution in [0.3, 0.4) is 0 Å². The second-order valence-corrected chi connectivity index (χ2v) is 7.73. The molecule has 11 heteroatoms. The molecule has 0 aliphatic carbocycles. The van der Waals surface area contributed by atoms with Gasteiger partial charge in [-0.3, -0.25) is 4.79 Å². The largest absolute Gasteiger partial charge is 0.496 e. The Labute approximate surface area is 199 Å². The Balaban J connectivity index is 1.95. The fraction of sp³-hybridized carbons (Fsp3) is 0.375. The molecule has 0 saturated carbocycles. The van der Waals surface area contributed by atoms with Crippen LogP contribution in [0.15, 0.2) is 39.5 Å². The Morgan fingerprint density at radius 1 is 0.857 bits per heavy atom. The molecule has 0 unspecified atom stereocenters. The van der Waals surface area contributed by atoms with Crippen molar-refractivity contribution in [3.05, 3.63) is 40.6 Å². The van der Waals surface area contributed by atoms with Gasteiger partial charge in [-0.15, -0.1) is 0 Å². The maximum atomic E-state index is 13.7. The molecule has 1 fully saturated rings. The molecule has 0 radical (unpaired) electrons. The molecule has 35 heavy (non-hydrogen) atoms. The molecule has 0 amide bonds. The maximum Gasteiger partial charge on any atom is 0.239 e. The average molecular weight is 490 g/mol. The molecule has 3 aromatic rings. The number of aliphatic hydroxyl groups is 3. The predicted octanol–water partition coefficient (Wildman–Crippen LogP) is 1.31. The van der Waals surface area contributed by atoms with Gasteiger partial charge in [0.1, 0.15) is 40.8 Å². The van der Waals surface area contributed by atoms with Crippen molar-refractivity contribution >= 4 is 11.0 Å². The van der Waals surface area contributed by atoms with E-state index in [1.165, 1.54) is 40.6 Å². The Morgan fingerprint density at radius 3 is 2.23 bits per heavy atom. The molecule has 188 valence electrons. The van der Waals surface area contributed by atoms with E-state index in [9.17, 15) is 20.1 Å². The fourth-order valence-electron chi connectivity index (χ4n) is 3.80. The van der Waals surface area contributed by atoms with E-state index < -0.39 is 30.0 Å². The van der Waals surface area contributed by atoms with Crippen LogP contribution in [0.4, 0.5) is 0 Å². The summed E-state index contributed by atoms with van der Waals surface area (Å²) in [7, 11) is 5.81. The van der Waals surface area contributed by atoms with Crippen LogP contribution in [-0.2, 0) is 4.74 Å². The van der Waals surface area contributed by atoms with Crippen molar-refractivity contribution in [2.75, 3.05) is 35.0 Å². The Morgan fingerprint density at radius 2 is 1.57 bits per heavy atom. The summed E-state index contributed by atoms with van der Waals surface area (Å²) in [5, 5.41) is 30.3. The zero-order chi connectivity index (χ0) is 25.3. The topological polar surface area (TPSA) is 146 Å². The van der Waals surface area contributed by atoms with Crippen molar-refractivity contribution in [1.29, 1.82) is 0 Å². The van der Waals surface area contributed by atoms with Crippen LogP contribution in [0.5, 0.6) is 28.7 Å². The van der Waals surface area contributed by atoms with Gasteiger partial charge in [0.25, 0.3) is 0 Å². The van der Waals surface area contributed by atoms with Gasteiger partial charge in [0, 0.05) is 17.7 Å². The highest BCUT2D eigenvalue weighted by atomic mass is 16.7. The third kappa shape index (κ3) is 4.46. The van der Waals surface area contributed by atoms with E-state index in [4.69, 9.17) is 32.8 Å². The Hall–Kier alpha value is -3.51. The quantitative estimate of drug-likeness (QED) is 0.441. The first-order valence-electron chi connectivity index (χ1n) is 10.6. The summed E-state index contributed by atoms with van der Waals surface area (Å²) in [6, 6.07) is 7.89.